The quantitative estimate of drug-likeness (QED) is 0.761. The van der Waals surface area contributed by atoms with Crippen molar-refractivity contribution in [1.29, 1.82) is 0 Å². The first-order valence-electron chi connectivity index (χ1n) is 6.69. The first kappa shape index (κ1) is 15.4. The summed E-state index contributed by atoms with van der Waals surface area (Å²) >= 11 is 3.38. The van der Waals surface area contributed by atoms with Crippen LogP contribution in [0.5, 0.6) is 5.75 Å². The van der Waals surface area contributed by atoms with Crippen LogP contribution in [0.2, 0.25) is 0 Å². The number of carbonyl (C=O) groups is 1. The molecule has 1 amide bonds. The lowest BCUT2D eigenvalue weighted by Gasteiger charge is -2.10. The van der Waals surface area contributed by atoms with Gasteiger partial charge in [-0.2, -0.15) is 0 Å². The lowest BCUT2D eigenvalue weighted by molar-refractivity contribution is -0.115. The molecular weight excluding hydrogens is 332 g/mol. The molecule has 0 fully saturated rings. The highest BCUT2D eigenvalue weighted by Crippen LogP contribution is 2.23. The Kier molecular flexibility index (Phi) is 5.22. The van der Waals surface area contributed by atoms with Crippen LogP contribution in [0.25, 0.3) is 0 Å². The van der Waals surface area contributed by atoms with Gasteiger partial charge in [0, 0.05) is 34.4 Å². The van der Waals surface area contributed by atoms with Gasteiger partial charge in [0.15, 0.2) is 0 Å². The second-order valence-corrected chi connectivity index (χ2v) is 5.52. The largest absolute Gasteiger partial charge is 0.508 e. The van der Waals surface area contributed by atoms with Crippen molar-refractivity contribution >= 4 is 33.2 Å². The number of benzene rings is 2. The molecule has 2 rings (SSSR count). The number of phenolic OH excluding ortho intramolecular Hbond substituents is 1. The average Bonchev–Trinajstić information content (AvgIpc) is 2.48. The molecule has 0 unspecified atom stereocenters. The maximum atomic E-state index is 11.4. The van der Waals surface area contributed by atoms with Gasteiger partial charge < -0.3 is 15.7 Å². The monoisotopic (exact) mass is 348 g/mol. The summed E-state index contributed by atoms with van der Waals surface area (Å²) in [4.78, 5) is 11.4. The Morgan fingerprint density at radius 1 is 1.19 bits per heavy atom. The molecule has 3 N–H and O–H groups in total. The molecule has 5 heteroatoms. The third kappa shape index (κ3) is 4.49. The summed E-state index contributed by atoms with van der Waals surface area (Å²) in [6.45, 7) is 2.31. The van der Waals surface area contributed by atoms with Crippen LogP contribution in [0.3, 0.4) is 0 Å². The molecule has 0 radical (unpaired) electrons. The van der Waals surface area contributed by atoms with E-state index in [9.17, 15) is 9.90 Å². The van der Waals surface area contributed by atoms with Gasteiger partial charge >= 0.3 is 0 Å². The highest BCUT2D eigenvalue weighted by Gasteiger charge is 2.03. The predicted octanol–water partition coefficient (Wildman–Crippen LogP) is 4.12. The number of nitrogens with one attached hydrogen (secondary N) is 2. The van der Waals surface area contributed by atoms with Crippen LogP contribution in [-0.2, 0) is 11.3 Å². The molecule has 2 aromatic rings. The standard InChI is InChI=1S/C16H17BrN2O2/c1-2-16(21)19-14-5-3-4-13(9-14)18-10-11-8-12(17)6-7-15(11)20/h3-9,18,20H,2,10H2,1H3,(H,19,21). The molecule has 2 aromatic carbocycles. The summed E-state index contributed by atoms with van der Waals surface area (Å²) in [7, 11) is 0. The molecule has 0 aliphatic carbocycles. The van der Waals surface area contributed by atoms with E-state index in [1.54, 1.807) is 12.1 Å². The molecule has 0 saturated carbocycles. The lowest BCUT2D eigenvalue weighted by Crippen LogP contribution is -2.09. The van der Waals surface area contributed by atoms with E-state index in [1.165, 1.54) is 0 Å². The van der Waals surface area contributed by atoms with Gasteiger partial charge in [-0.25, -0.2) is 0 Å². The van der Waals surface area contributed by atoms with Gasteiger partial charge in [-0.1, -0.05) is 28.9 Å². The summed E-state index contributed by atoms with van der Waals surface area (Å²) in [5, 5.41) is 15.8. The Labute approximate surface area is 132 Å². The number of anilines is 2. The summed E-state index contributed by atoms with van der Waals surface area (Å²) in [5.74, 6) is 0.234. The third-order valence-corrected chi connectivity index (χ3v) is 3.49. The smallest absolute Gasteiger partial charge is 0.224 e. The number of rotatable bonds is 5. The zero-order chi connectivity index (χ0) is 15.2. The molecule has 0 saturated heterocycles. The van der Waals surface area contributed by atoms with Gasteiger partial charge in [0.25, 0.3) is 0 Å². The number of amides is 1. The first-order chi connectivity index (χ1) is 10.1. The van der Waals surface area contributed by atoms with Gasteiger partial charge in [0.1, 0.15) is 5.75 Å². The molecule has 0 heterocycles. The van der Waals surface area contributed by atoms with Gasteiger partial charge in [-0.3, -0.25) is 4.79 Å². The highest BCUT2D eigenvalue weighted by molar-refractivity contribution is 9.10. The van der Waals surface area contributed by atoms with Crippen molar-refractivity contribution in [2.24, 2.45) is 0 Å². The van der Waals surface area contributed by atoms with Crippen molar-refractivity contribution in [2.45, 2.75) is 19.9 Å². The SMILES string of the molecule is CCC(=O)Nc1cccc(NCc2cc(Br)ccc2O)c1. The van der Waals surface area contributed by atoms with E-state index in [0.29, 0.717) is 13.0 Å². The number of carbonyl (C=O) groups excluding carboxylic acids is 1. The summed E-state index contributed by atoms with van der Waals surface area (Å²) in [6, 6.07) is 12.8. The molecule has 4 nitrogen and oxygen atoms in total. The van der Waals surface area contributed by atoms with Crippen LogP contribution in [0, 0.1) is 0 Å². The molecule has 0 aliphatic heterocycles. The average molecular weight is 349 g/mol. The van der Waals surface area contributed by atoms with Gasteiger partial charge in [0.2, 0.25) is 5.91 Å². The van der Waals surface area contributed by atoms with E-state index < -0.39 is 0 Å². The molecule has 21 heavy (non-hydrogen) atoms. The predicted molar refractivity (Wildman–Crippen MR) is 88.5 cm³/mol. The lowest BCUT2D eigenvalue weighted by atomic mass is 10.2. The highest BCUT2D eigenvalue weighted by atomic mass is 79.9. The minimum Gasteiger partial charge on any atom is -0.508 e. The van der Waals surface area contributed by atoms with Crippen LogP contribution in [-0.4, -0.2) is 11.0 Å². The molecular formula is C16H17BrN2O2. The molecule has 0 aliphatic rings. The van der Waals surface area contributed by atoms with E-state index in [-0.39, 0.29) is 11.7 Å². The van der Waals surface area contributed by atoms with Crippen molar-refractivity contribution < 1.29 is 9.90 Å². The van der Waals surface area contributed by atoms with Crippen molar-refractivity contribution in [3.05, 3.63) is 52.5 Å². The Balaban J connectivity index is 2.04. The number of hydrogen-bond acceptors (Lipinski definition) is 3. The Bertz CT molecular complexity index is 644. The van der Waals surface area contributed by atoms with E-state index >= 15 is 0 Å². The Morgan fingerprint density at radius 3 is 2.71 bits per heavy atom. The zero-order valence-corrected chi connectivity index (χ0v) is 13.3. The van der Waals surface area contributed by atoms with E-state index in [1.807, 2.05) is 37.3 Å². The Hall–Kier alpha value is -2.01. The van der Waals surface area contributed by atoms with Gasteiger partial charge in [0.05, 0.1) is 0 Å². The maximum absolute atomic E-state index is 11.4. The van der Waals surface area contributed by atoms with Crippen molar-refractivity contribution in [3.8, 4) is 5.75 Å². The van der Waals surface area contributed by atoms with E-state index in [2.05, 4.69) is 26.6 Å². The van der Waals surface area contributed by atoms with E-state index in [0.717, 1.165) is 21.4 Å². The number of phenols is 1. The fourth-order valence-corrected chi connectivity index (χ4v) is 2.26. The second-order valence-electron chi connectivity index (χ2n) is 4.61. The number of halogens is 1. The zero-order valence-electron chi connectivity index (χ0n) is 11.7. The molecule has 0 bridgehead atoms. The molecule has 0 aromatic heterocycles. The van der Waals surface area contributed by atoms with E-state index in [4.69, 9.17) is 0 Å². The fourth-order valence-electron chi connectivity index (χ4n) is 1.85. The number of hydrogen-bond donors (Lipinski definition) is 3. The van der Waals surface area contributed by atoms with Gasteiger partial charge in [-0.15, -0.1) is 0 Å². The fraction of sp³-hybridized carbons (Fsp3) is 0.188. The minimum atomic E-state index is -0.0169. The van der Waals surface area contributed by atoms with Crippen molar-refractivity contribution in [3.63, 3.8) is 0 Å². The third-order valence-electron chi connectivity index (χ3n) is 2.99. The summed E-state index contributed by atoms with van der Waals surface area (Å²) < 4.78 is 0.918. The van der Waals surface area contributed by atoms with Gasteiger partial charge in [-0.05, 0) is 36.4 Å². The first-order valence-corrected chi connectivity index (χ1v) is 7.49. The van der Waals surface area contributed by atoms with Crippen LogP contribution < -0.4 is 10.6 Å². The normalized spacial score (nSPS) is 10.2. The minimum absolute atomic E-state index is 0.0169. The topological polar surface area (TPSA) is 61.4 Å². The maximum Gasteiger partial charge on any atom is 0.224 e. The Morgan fingerprint density at radius 2 is 1.95 bits per heavy atom. The molecule has 0 atom stereocenters. The van der Waals surface area contributed by atoms with Crippen molar-refractivity contribution in [2.75, 3.05) is 10.6 Å². The summed E-state index contributed by atoms with van der Waals surface area (Å²) in [5.41, 5.74) is 2.43. The van der Waals surface area contributed by atoms with Crippen LogP contribution >= 0.6 is 15.9 Å². The molecule has 110 valence electrons. The van der Waals surface area contributed by atoms with Crippen LogP contribution in [0.4, 0.5) is 11.4 Å². The second kappa shape index (κ2) is 7.13. The molecule has 0 spiro atoms. The van der Waals surface area contributed by atoms with Crippen molar-refractivity contribution in [1.82, 2.24) is 0 Å². The number of aromatic hydroxyl groups is 1. The van der Waals surface area contributed by atoms with Crippen LogP contribution in [0.1, 0.15) is 18.9 Å². The summed E-state index contributed by atoms with van der Waals surface area (Å²) in [6.07, 6.45) is 0.448. The van der Waals surface area contributed by atoms with Crippen LogP contribution in [0.15, 0.2) is 46.9 Å².